The van der Waals surface area contributed by atoms with Gasteiger partial charge < -0.3 is 10.1 Å². The van der Waals surface area contributed by atoms with Crippen LogP contribution in [0.3, 0.4) is 0 Å². The minimum atomic E-state index is -0.0896. The van der Waals surface area contributed by atoms with Gasteiger partial charge in [0.1, 0.15) is 12.6 Å². The molecule has 1 saturated carbocycles. The number of esters is 1. The summed E-state index contributed by atoms with van der Waals surface area (Å²) in [6.45, 7) is 4.38. The molecule has 1 aliphatic heterocycles. The van der Waals surface area contributed by atoms with Crippen molar-refractivity contribution in [2.45, 2.75) is 58.2 Å². The SMILES string of the molecule is CC.O=C(OCc1ccccc1)[C@@H]1CC2CCCC2N1.[HH].[HH].[HH]. The van der Waals surface area contributed by atoms with E-state index >= 15 is 0 Å². The van der Waals surface area contributed by atoms with Crippen LogP contribution >= 0.6 is 0 Å². The molecule has 1 aromatic rings. The van der Waals surface area contributed by atoms with Crippen LogP contribution in [0.15, 0.2) is 30.3 Å². The predicted molar refractivity (Wildman–Crippen MR) is 86.6 cm³/mol. The lowest BCUT2D eigenvalue weighted by Gasteiger charge is -2.12. The number of benzene rings is 1. The first-order valence-electron chi connectivity index (χ1n) is 7.79. The molecule has 0 radical (unpaired) electrons. The van der Waals surface area contributed by atoms with Gasteiger partial charge in [0.15, 0.2) is 0 Å². The van der Waals surface area contributed by atoms with Crippen molar-refractivity contribution in [3.05, 3.63) is 35.9 Å². The van der Waals surface area contributed by atoms with Crippen LogP contribution in [0.5, 0.6) is 0 Å². The smallest absolute Gasteiger partial charge is 0.323 e. The van der Waals surface area contributed by atoms with Gasteiger partial charge in [-0.05, 0) is 30.7 Å². The summed E-state index contributed by atoms with van der Waals surface area (Å²) in [5, 5.41) is 3.41. The molecular weight excluding hydrogens is 250 g/mol. The third-order valence-corrected chi connectivity index (χ3v) is 4.12. The van der Waals surface area contributed by atoms with E-state index < -0.39 is 0 Å². The fourth-order valence-electron chi connectivity index (χ4n) is 3.16. The summed E-state index contributed by atoms with van der Waals surface area (Å²) >= 11 is 0. The zero-order valence-electron chi connectivity index (χ0n) is 12.5. The van der Waals surface area contributed by atoms with Crippen molar-refractivity contribution in [1.29, 1.82) is 0 Å². The van der Waals surface area contributed by atoms with Crippen molar-refractivity contribution < 1.29 is 13.8 Å². The molecule has 0 aromatic heterocycles. The van der Waals surface area contributed by atoms with Crippen molar-refractivity contribution in [3.8, 4) is 0 Å². The highest BCUT2D eigenvalue weighted by atomic mass is 16.5. The third-order valence-electron chi connectivity index (χ3n) is 4.12. The third kappa shape index (κ3) is 3.60. The summed E-state index contributed by atoms with van der Waals surface area (Å²) in [4.78, 5) is 12.0. The zero-order chi connectivity index (χ0) is 14.4. The summed E-state index contributed by atoms with van der Waals surface area (Å²) in [6.07, 6.45) is 4.74. The standard InChI is InChI=1S/C15H19NO2.C2H6.3H2/c17-15(18-10-11-5-2-1-3-6-11)14-9-12-7-4-8-13(12)16-14;1-2;;;/h1-3,5-6,12-14,16H,4,7-10H2;1-2H3;3*1H/t12?,13?,14-;;;;/m0..../s1. The van der Waals surface area contributed by atoms with E-state index in [4.69, 9.17) is 4.74 Å². The highest BCUT2D eigenvalue weighted by molar-refractivity contribution is 5.76. The van der Waals surface area contributed by atoms with Crippen LogP contribution in [0, 0.1) is 5.92 Å². The molecule has 1 aliphatic carbocycles. The maximum atomic E-state index is 12.0. The second kappa shape index (κ2) is 7.44. The van der Waals surface area contributed by atoms with Crippen molar-refractivity contribution in [2.75, 3.05) is 0 Å². The summed E-state index contributed by atoms with van der Waals surface area (Å²) < 4.78 is 5.38. The van der Waals surface area contributed by atoms with Crippen molar-refractivity contribution >= 4 is 5.97 Å². The molecular formula is C17H31NO2. The van der Waals surface area contributed by atoms with Gasteiger partial charge in [0, 0.05) is 10.3 Å². The van der Waals surface area contributed by atoms with E-state index in [-0.39, 0.29) is 16.3 Å². The van der Waals surface area contributed by atoms with Crippen molar-refractivity contribution in [2.24, 2.45) is 5.92 Å². The van der Waals surface area contributed by atoms with Gasteiger partial charge in [-0.15, -0.1) is 0 Å². The van der Waals surface area contributed by atoms with Gasteiger partial charge in [-0.2, -0.15) is 0 Å². The first-order chi connectivity index (χ1) is 9.83. The Kier molecular flexibility index (Phi) is 5.60. The molecule has 3 rings (SSSR count). The van der Waals surface area contributed by atoms with E-state index in [1.54, 1.807) is 0 Å². The first-order valence-corrected chi connectivity index (χ1v) is 7.79. The quantitative estimate of drug-likeness (QED) is 0.850. The second-order valence-corrected chi connectivity index (χ2v) is 5.35. The summed E-state index contributed by atoms with van der Waals surface area (Å²) in [6, 6.07) is 10.3. The van der Waals surface area contributed by atoms with Crippen molar-refractivity contribution in [3.63, 3.8) is 0 Å². The number of fused-ring (bicyclic) bond motifs is 1. The topological polar surface area (TPSA) is 38.3 Å². The molecule has 1 saturated heterocycles. The Hall–Kier alpha value is -1.35. The maximum Gasteiger partial charge on any atom is 0.323 e. The molecule has 3 nitrogen and oxygen atoms in total. The number of hydrogen-bond donors (Lipinski definition) is 1. The zero-order valence-corrected chi connectivity index (χ0v) is 12.5. The second-order valence-electron chi connectivity index (χ2n) is 5.35. The highest BCUT2D eigenvalue weighted by Gasteiger charge is 2.40. The van der Waals surface area contributed by atoms with E-state index in [0.29, 0.717) is 18.6 Å². The number of ether oxygens (including phenoxy) is 1. The highest BCUT2D eigenvalue weighted by Crippen LogP contribution is 2.34. The lowest BCUT2D eigenvalue weighted by atomic mass is 10.0. The number of nitrogens with one attached hydrogen (secondary N) is 1. The molecule has 1 aromatic carbocycles. The molecule has 2 aliphatic rings. The van der Waals surface area contributed by atoms with Gasteiger partial charge in [0.2, 0.25) is 0 Å². The molecule has 2 unspecified atom stereocenters. The Bertz CT molecular complexity index is 419. The summed E-state index contributed by atoms with van der Waals surface area (Å²) in [5.74, 6) is 0.604. The molecule has 20 heavy (non-hydrogen) atoms. The fourth-order valence-corrected chi connectivity index (χ4v) is 3.16. The molecule has 3 heteroatoms. The first kappa shape index (κ1) is 15.0. The van der Waals surface area contributed by atoms with E-state index in [2.05, 4.69) is 5.32 Å². The Morgan fingerprint density at radius 2 is 2.05 bits per heavy atom. The van der Waals surface area contributed by atoms with E-state index in [9.17, 15) is 4.79 Å². The average Bonchev–Trinajstić information content (AvgIpc) is 3.09. The Balaban J connectivity index is 0. The molecule has 2 fully saturated rings. The molecule has 0 amide bonds. The van der Waals surface area contributed by atoms with Gasteiger partial charge in [-0.25, -0.2) is 0 Å². The van der Waals surface area contributed by atoms with Crippen LogP contribution in [0.1, 0.15) is 49.4 Å². The van der Waals surface area contributed by atoms with Crippen LogP contribution in [0.2, 0.25) is 0 Å². The number of carbonyl (C=O) groups excluding carboxylic acids is 1. The van der Waals surface area contributed by atoms with Crippen LogP contribution in [-0.4, -0.2) is 18.1 Å². The van der Waals surface area contributed by atoms with E-state index in [0.717, 1.165) is 12.0 Å². The summed E-state index contributed by atoms with van der Waals surface area (Å²) in [7, 11) is 0. The maximum absolute atomic E-state index is 12.0. The Morgan fingerprint density at radius 1 is 1.30 bits per heavy atom. The number of rotatable bonds is 3. The van der Waals surface area contributed by atoms with E-state index in [1.807, 2.05) is 44.2 Å². The largest absolute Gasteiger partial charge is 0.460 e. The van der Waals surface area contributed by atoms with Crippen LogP contribution < -0.4 is 5.32 Å². The lowest BCUT2D eigenvalue weighted by Crippen LogP contribution is -2.36. The van der Waals surface area contributed by atoms with Gasteiger partial charge in [-0.3, -0.25) is 4.79 Å². The molecule has 0 spiro atoms. The number of hydrogen-bond acceptors (Lipinski definition) is 3. The van der Waals surface area contributed by atoms with Crippen molar-refractivity contribution in [1.82, 2.24) is 5.32 Å². The van der Waals surface area contributed by atoms with Gasteiger partial charge in [-0.1, -0.05) is 50.6 Å². The van der Waals surface area contributed by atoms with Gasteiger partial charge >= 0.3 is 5.97 Å². The minimum Gasteiger partial charge on any atom is -0.460 e. The average molecular weight is 281 g/mol. The predicted octanol–water partition coefficient (Wildman–Crippen LogP) is 4.02. The molecule has 0 bridgehead atoms. The van der Waals surface area contributed by atoms with Gasteiger partial charge in [0.25, 0.3) is 0 Å². The molecule has 1 heterocycles. The fraction of sp³-hybridized carbons (Fsp3) is 0.588. The minimum absolute atomic E-state index is 0. The Morgan fingerprint density at radius 3 is 2.75 bits per heavy atom. The number of carbonyl (C=O) groups is 1. The molecule has 3 atom stereocenters. The summed E-state index contributed by atoms with van der Waals surface area (Å²) in [5.41, 5.74) is 1.05. The molecule has 116 valence electrons. The monoisotopic (exact) mass is 281 g/mol. The van der Waals surface area contributed by atoms with Crippen LogP contribution in [-0.2, 0) is 16.1 Å². The Labute approximate surface area is 126 Å². The van der Waals surface area contributed by atoms with Gasteiger partial charge in [0.05, 0.1) is 0 Å². The molecule has 1 N–H and O–H groups in total. The normalized spacial score (nSPS) is 27.4. The lowest BCUT2D eigenvalue weighted by molar-refractivity contribution is -0.147. The van der Waals surface area contributed by atoms with Crippen LogP contribution in [0.4, 0.5) is 0 Å². The van der Waals surface area contributed by atoms with E-state index in [1.165, 1.54) is 19.3 Å². The van der Waals surface area contributed by atoms with Crippen LogP contribution in [0.25, 0.3) is 0 Å².